The van der Waals surface area contributed by atoms with E-state index in [1.54, 1.807) is 37.3 Å². The van der Waals surface area contributed by atoms with Crippen LogP contribution in [0, 0.1) is 6.92 Å². The Morgan fingerprint density at radius 1 is 1.13 bits per heavy atom. The maximum absolute atomic E-state index is 12.6. The van der Waals surface area contributed by atoms with Crippen molar-refractivity contribution in [1.29, 1.82) is 0 Å². The number of hydrogen-bond donors (Lipinski definition) is 1. The van der Waals surface area contributed by atoms with E-state index in [1.165, 1.54) is 36.7 Å². The van der Waals surface area contributed by atoms with Crippen LogP contribution in [0.4, 0.5) is 0 Å². The van der Waals surface area contributed by atoms with Crippen LogP contribution in [0.25, 0.3) is 0 Å². The normalized spacial score (nSPS) is 11.4. The zero-order chi connectivity index (χ0) is 21.6. The van der Waals surface area contributed by atoms with E-state index in [2.05, 4.69) is 10.5 Å². The number of hydrazone groups is 1. The monoisotopic (exact) mass is 428 g/mol. The van der Waals surface area contributed by atoms with Crippen molar-refractivity contribution >= 4 is 22.2 Å². The van der Waals surface area contributed by atoms with Crippen LogP contribution in [0.3, 0.4) is 0 Å². The molecule has 0 atom stereocenters. The summed E-state index contributed by atoms with van der Waals surface area (Å²) in [7, 11) is -4.02. The fourth-order valence-electron chi connectivity index (χ4n) is 2.44. The lowest BCUT2D eigenvalue weighted by Gasteiger charge is -2.12. The molecule has 0 aliphatic carbocycles. The average Bonchev–Trinajstić information content (AvgIpc) is 3.25. The van der Waals surface area contributed by atoms with Crippen molar-refractivity contribution in [2.45, 2.75) is 18.7 Å². The Kier molecular flexibility index (Phi) is 6.53. The number of amides is 1. The smallest absolute Gasteiger partial charge is 0.339 e. The van der Waals surface area contributed by atoms with Gasteiger partial charge in [-0.25, -0.2) is 5.43 Å². The van der Waals surface area contributed by atoms with Crippen molar-refractivity contribution in [1.82, 2.24) is 5.43 Å². The van der Waals surface area contributed by atoms with Crippen LogP contribution in [0.15, 0.2) is 75.3 Å². The molecule has 1 amide bonds. The number of nitrogens with zero attached hydrogens (tertiary/aromatic N) is 1. The highest BCUT2D eigenvalue weighted by molar-refractivity contribution is 7.87. The van der Waals surface area contributed by atoms with Crippen molar-refractivity contribution < 1.29 is 26.5 Å². The summed E-state index contributed by atoms with van der Waals surface area (Å²) in [6.07, 6.45) is 2.78. The molecule has 0 spiro atoms. The highest BCUT2D eigenvalue weighted by Gasteiger charge is 2.19. The van der Waals surface area contributed by atoms with Gasteiger partial charge in [-0.1, -0.05) is 17.7 Å². The van der Waals surface area contributed by atoms with Crippen LogP contribution in [0.5, 0.6) is 11.5 Å². The van der Waals surface area contributed by atoms with E-state index >= 15 is 0 Å². The summed E-state index contributed by atoms with van der Waals surface area (Å²) in [5.74, 6) is -0.0821. The first-order valence-electron chi connectivity index (χ1n) is 9.04. The molecule has 0 saturated heterocycles. The molecule has 0 unspecified atom stereocenters. The summed E-state index contributed by atoms with van der Waals surface area (Å²) in [5.41, 5.74) is 3.84. The Morgan fingerprint density at radius 2 is 1.90 bits per heavy atom. The standard InChI is InChI=1S/C21H20N2O6S/c1-3-27-20-13-16(14-22-23-21(24)19-5-4-12-28-19)8-11-18(20)29-30(25,26)17-9-6-15(2)7-10-17/h4-14H,3H2,1-2H3,(H,23,24)/b22-14-. The third-order valence-corrected chi connectivity index (χ3v) is 5.15. The molecular weight excluding hydrogens is 408 g/mol. The lowest BCUT2D eigenvalue weighted by atomic mass is 10.2. The van der Waals surface area contributed by atoms with E-state index in [0.717, 1.165) is 5.56 Å². The minimum atomic E-state index is -4.02. The predicted molar refractivity (Wildman–Crippen MR) is 110 cm³/mol. The lowest BCUT2D eigenvalue weighted by molar-refractivity contribution is 0.0927. The summed E-state index contributed by atoms with van der Waals surface area (Å²) >= 11 is 0. The minimum Gasteiger partial charge on any atom is -0.490 e. The highest BCUT2D eigenvalue weighted by Crippen LogP contribution is 2.31. The molecule has 30 heavy (non-hydrogen) atoms. The topological polar surface area (TPSA) is 107 Å². The Bertz CT molecular complexity index is 1140. The molecule has 3 aromatic rings. The summed E-state index contributed by atoms with van der Waals surface area (Å²) in [5, 5.41) is 3.86. The third-order valence-electron chi connectivity index (χ3n) is 3.90. The predicted octanol–water partition coefficient (Wildman–Crippen LogP) is 3.52. The number of carbonyl (C=O) groups excluding carboxylic acids is 1. The maximum atomic E-state index is 12.6. The molecule has 1 heterocycles. The average molecular weight is 428 g/mol. The van der Waals surface area contributed by atoms with Gasteiger partial charge in [0.2, 0.25) is 0 Å². The third kappa shape index (κ3) is 5.26. The molecule has 3 rings (SSSR count). The molecule has 9 heteroatoms. The second-order valence-electron chi connectivity index (χ2n) is 6.17. The molecule has 0 aliphatic rings. The maximum Gasteiger partial charge on any atom is 0.339 e. The van der Waals surface area contributed by atoms with E-state index in [9.17, 15) is 13.2 Å². The van der Waals surface area contributed by atoms with Gasteiger partial charge in [-0.3, -0.25) is 4.79 Å². The summed E-state index contributed by atoms with van der Waals surface area (Å²) in [6, 6.07) is 14.1. The molecule has 0 radical (unpaired) electrons. The quantitative estimate of drug-likeness (QED) is 0.334. The van der Waals surface area contributed by atoms with Crippen molar-refractivity contribution in [3.05, 3.63) is 77.7 Å². The minimum absolute atomic E-state index is 0.0434. The SMILES string of the molecule is CCOc1cc(/C=N\NC(=O)c2ccco2)ccc1OS(=O)(=O)c1ccc(C)cc1. The highest BCUT2D eigenvalue weighted by atomic mass is 32.2. The van der Waals surface area contributed by atoms with Gasteiger partial charge in [-0.15, -0.1) is 0 Å². The van der Waals surface area contributed by atoms with Gasteiger partial charge < -0.3 is 13.3 Å². The summed E-state index contributed by atoms with van der Waals surface area (Å²) in [6.45, 7) is 3.93. The van der Waals surface area contributed by atoms with Crippen LogP contribution in [-0.2, 0) is 10.1 Å². The number of nitrogens with one attached hydrogen (secondary N) is 1. The van der Waals surface area contributed by atoms with Crippen LogP contribution in [0.2, 0.25) is 0 Å². The summed E-state index contributed by atoms with van der Waals surface area (Å²) < 4.78 is 40.9. The number of hydrogen-bond acceptors (Lipinski definition) is 7. The van der Waals surface area contributed by atoms with Gasteiger partial charge in [0.05, 0.1) is 19.1 Å². The van der Waals surface area contributed by atoms with Crippen LogP contribution < -0.4 is 14.3 Å². The second-order valence-corrected chi connectivity index (χ2v) is 7.71. The molecule has 0 fully saturated rings. The van der Waals surface area contributed by atoms with Crippen molar-refractivity contribution in [2.75, 3.05) is 6.61 Å². The molecule has 1 N–H and O–H groups in total. The van der Waals surface area contributed by atoms with Crippen molar-refractivity contribution in [2.24, 2.45) is 5.10 Å². The van der Waals surface area contributed by atoms with E-state index in [0.29, 0.717) is 12.2 Å². The molecular formula is C21H20N2O6S. The van der Waals surface area contributed by atoms with Crippen LogP contribution in [-0.4, -0.2) is 27.1 Å². The summed E-state index contributed by atoms with van der Waals surface area (Å²) in [4.78, 5) is 11.8. The Balaban J connectivity index is 1.76. The van der Waals surface area contributed by atoms with Crippen LogP contribution >= 0.6 is 0 Å². The number of furan rings is 1. The molecule has 0 aliphatic heterocycles. The van der Waals surface area contributed by atoms with Gasteiger partial charge in [0.1, 0.15) is 4.90 Å². The number of ether oxygens (including phenoxy) is 1. The van der Waals surface area contributed by atoms with E-state index in [4.69, 9.17) is 13.3 Å². The molecule has 2 aromatic carbocycles. The zero-order valence-corrected chi connectivity index (χ0v) is 17.2. The van der Waals surface area contributed by atoms with E-state index < -0.39 is 16.0 Å². The van der Waals surface area contributed by atoms with Gasteiger partial charge >= 0.3 is 16.0 Å². The first-order chi connectivity index (χ1) is 14.4. The van der Waals surface area contributed by atoms with Gasteiger partial charge in [-0.2, -0.15) is 13.5 Å². The van der Waals surface area contributed by atoms with E-state index in [1.807, 2.05) is 6.92 Å². The largest absolute Gasteiger partial charge is 0.490 e. The Morgan fingerprint density at radius 3 is 2.57 bits per heavy atom. The van der Waals surface area contributed by atoms with Crippen molar-refractivity contribution in [3.63, 3.8) is 0 Å². The first-order valence-corrected chi connectivity index (χ1v) is 10.4. The molecule has 8 nitrogen and oxygen atoms in total. The Labute approximate surface area is 174 Å². The lowest BCUT2D eigenvalue weighted by Crippen LogP contribution is -2.16. The number of rotatable bonds is 8. The zero-order valence-electron chi connectivity index (χ0n) is 16.4. The number of benzene rings is 2. The fraction of sp³-hybridized carbons (Fsp3) is 0.143. The van der Waals surface area contributed by atoms with Gasteiger partial charge in [-0.05, 0) is 61.9 Å². The molecule has 1 aromatic heterocycles. The molecule has 156 valence electrons. The van der Waals surface area contributed by atoms with Gasteiger partial charge in [0.15, 0.2) is 17.3 Å². The van der Waals surface area contributed by atoms with Gasteiger partial charge in [0, 0.05) is 0 Å². The first kappa shape index (κ1) is 21.1. The molecule has 0 saturated carbocycles. The number of aryl methyl sites for hydroxylation is 1. The van der Waals surface area contributed by atoms with E-state index in [-0.39, 0.29) is 22.2 Å². The van der Waals surface area contributed by atoms with Crippen LogP contribution in [0.1, 0.15) is 28.6 Å². The fourth-order valence-corrected chi connectivity index (χ4v) is 3.38. The van der Waals surface area contributed by atoms with Gasteiger partial charge in [0.25, 0.3) is 0 Å². The molecule has 0 bridgehead atoms. The second kappa shape index (κ2) is 9.27. The van der Waals surface area contributed by atoms with Crippen molar-refractivity contribution in [3.8, 4) is 11.5 Å². The number of carbonyl (C=O) groups is 1. The Hall–Kier alpha value is -3.59.